The molecule has 2 heterocycles. The number of nitrogens with one attached hydrogen (secondary N) is 1. The molecule has 0 aliphatic carbocycles. The van der Waals surface area contributed by atoms with Crippen molar-refractivity contribution < 1.29 is 14.7 Å². The molecule has 0 bridgehead atoms. The largest absolute Gasteiger partial charge is 0.478 e. The van der Waals surface area contributed by atoms with Crippen LogP contribution < -0.4 is 5.32 Å². The lowest BCUT2D eigenvalue weighted by atomic mass is 10.1. The highest BCUT2D eigenvalue weighted by atomic mass is 79.9. The third-order valence-corrected chi connectivity index (χ3v) is 4.17. The van der Waals surface area contributed by atoms with Crippen molar-refractivity contribution >= 4 is 50.7 Å². The predicted octanol–water partition coefficient (Wildman–Crippen LogP) is 4.01. The quantitative estimate of drug-likeness (QED) is 0.686. The molecule has 0 unspecified atom stereocenters. The molecule has 24 heavy (non-hydrogen) atoms. The molecule has 0 saturated carbocycles. The van der Waals surface area contributed by atoms with E-state index in [1.54, 1.807) is 35.7 Å². The third-order valence-electron chi connectivity index (χ3n) is 3.44. The monoisotopic (exact) mass is 407 g/mol. The number of hydrogen-bond donors (Lipinski definition) is 2. The number of aryl methyl sites for hydroxylation is 1. The first-order chi connectivity index (χ1) is 11.4. The van der Waals surface area contributed by atoms with E-state index in [0.29, 0.717) is 26.5 Å². The second kappa shape index (κ2) is 6.26. The number of imidazole rings is 1. The van der Waals surface area contributed by atoms with Gasteiger partial charge in [-0.25, -0.2) is 9.78 Å². The van der Waals surface area contributed by atoms with Crippen molar-refractivity contribution in [1.82, 2.24) is 9.38 Å². The number of carbonyl (C=O) groups excluding carboxylic acids is 1. The maximum atomic E-state index is 12.6. The molecule has 2 N–H and O–H groups in total. The minimum Gasteiger partial charge on any atom is -0.478 e. The molecular weight excluding hydrogens is 398 g/mol. The molecule has 2 aromatic heterocycles. The van der Waals surface area contributed by atoms with Crippen molar-refractivity contribution in [1.29, 1.82) is 0 Å². The molecule has 0 aliphatic rings. The fourth-order valence-electron chi connectivity index (χ4n) is 2.40. The number of rotatable bonds is 3. The number of nitrogens with zero attached hydrogens (tertiary/aromatic N) is 2. The Morgan fingerprint density at radius 2 is 2.04 bits per heavy atom. The van der Waals surface area contributed by atoms with Gasteiger partial charge in [-0.3, -0.25) is 9.20 Å². The number of amides is 1. The van der Waals surface area contributed by atoms with Crippen molar-refractivity contribution in [2.45, 2.75) is 6.92 Å². The van der Waals surface area contributed by atoms with Gasteiger partial charge in [0.1, 0.15) is 11.3 Å². The average Bonchev–Trinajstić information content (AvgIpc) is 2.83. The number of halogens is 2. The van der Waals surface area contributed by atoms with Crippen LogP contribution >= 0.6 is 27.5 Å². The SMILES string of the molecule is Cc1nc2cc(Cl)ccn2c1C(=O)Nc1ccc(Br)cc1C(=O)O. The number of carboxylic acids is 1. The van der Waals surface area contributed by atoms with E-state index >= 15 is 0 Å². The number of hydrogen-bond acceptors (Lipinski definition) is 3. The fourth-order valence-corrected chi connectivity index (χ4v) is 2.91. The van der Waals surface area contributed by atoms with E-state index in [1.165, 1.54) is 12.1 Å². The molecule has 0 saturated heterocycles. The van der Waals surface area contributed by atoms with E-state index in [0.717, 1.165) is 0 Å². The minimum atomic E-state index is -1.13. The number of benzene rings is 1. The Balaban J connectivity index is 2.03. The van der Waals surface area contributed by atoms with Gasteiger partial charge in [-0.15, -0.1) is 0 Å². The van der Waals surface area contributed by atoms with E-state index in [2.05, 4.69) is 26.2 Å². The van der Waals surface area contributed by atoms with Crippen molar-refractivity contribution in [3.8, 4) is 0 Å². The molecule has 3 aromatic rings. The summed E-state index contributed by atoms with van der Waals surface area (Å²) in [5, 5.41) is 12.4. The molecule has 3 rings (SSSR count). The topological polar surface area (TPSA) is 83.7 Å². The van der Waals surface area contributed by atoms with E-state index in [-0.39, 0.29) is 11.3 Å². The van der Waals surface area contributed by atoms with Gasteiger partial charge in [-0.1, -0.05) is 27.5 Å². The van der Waals surface area contributed by atoms with Crippen LogP contribution in [0.3, 0.4) is 0 Å². The zero-order valence-corrected chi connectivity index (χ0v) is 14.7. The third kappa shape index (κ3) is 3.00. The predicted molar refractivity (Wildman–Crippen MR) is 94.0 cm³/mol. The van der Waals surface area contributed by atoms with Crippen LogP contribution in [0.25, 0.3) is 5.65 Å². The number of carboxylic acid groups (broad SMARTS) is 1. The highest BCUT2D eigenvalue weighted by molar-refractivity contribution is 9.10. The summed E-state index contributed by atoms with van der Waals surface area (Å²) in [6, 6.07) is 7.91. The highest BCUT2D eigenvalue weighted by Crippen LogP contribution is 2.23. The van der Waals surface area contributed by atoms with Gasteiger partial charge < -0.3 is 10.4 Å². The Kier molecular flexibility index (Phi) is 4.29. The molecule has 1 aromatic carbocycles. The van der Waals surface area contributed by atoms with Crippen LogP contribution in [0.15, 0.2) is 41.0 Å². The van der Waals surface area contributed by atoms with Gasteiger partial charge in [0, 0.05) is 21.8 Å². The summed E-state index contributed by atoms with van der Waals surface area (Å²) in [7, 11) is 0. The summed E-state index contributed by atoms with van der Waals surface area (Å²) < 4.78 is 2.22. The van der Waals surface area contributed by atoms with Gasteiger partial charge in [0.25, 0.3) is 5.91 Å². The summed E-state index contributed by atoms with van der Waals surface area (Å²) in [5.41, 5.74) is 1.58. The average molecular weight is 409 g/mol. The van der Waals surface area contributed by atoms with Gasteiger partial charge in [0.2, 0.25) is 0 Å². The molecule has 8 heteroatoms. The zero-order valence-electron chi connectivity index (χ0n) is 12.4. The summed E-state index contributed by atoms with van der Waals surface area (Å²) in [5.74, 6) is -1.58. The van der Waals surface area contributed by atoms with Crippen molar-refractivity contribution in [3.63, 3.8) is 0 Å². The number of aromatic nitrogens is 2. The smallest absolute Gasteiger partial charge is 0.337 e. The first-order valence-corrected chi connectivity index (χ1v) is 8.02. The molecule has 0 fully saturated rings. The van der Waals surface area contributed by atoms with E-state index in [9.17, 15) is 14.7 Å². The number of aromatic carboxylic acids is 1. The fraction of sp³-hybridized carbons (Fsp3) is 0.0625. The number of pyridine rings is 1. The van der Waals surface area contributed by atoms with Crippen LogP contribution in [0.5, 0.6) is 0 Å². The molecule has 0 radical (unpaired) electrons. The summed E-state index contributed by atoms with van der Waals surface area (Å²) in [6.45, 7) is 1.70. The first kappa shape index (κ1) is 16.5. The Bertz CT molecular complexity index is 984. The molecule has 122 valence electrons. The number of fused-ring (bicyclic) bond motifs is 1. The van der Waals surface area contributed by atoms with Crippen molar-refractivity contribution in [2.75, 3.05) is 5.32 Å². The molecule has 0 spiro atoms. The molecule has 1 amide bonds. The molecule has 6 nitrogen and oxygen atoms in total. The summed E-state index contributed by atoms with van der Waals surface area (Å²) in [4.78, 5) is 28.3. The van der Waals surface area contributed by atoms with Gasteiger partial charge in [-0.05, 0) is 31.2 Å². The second-order valence-corrected chi connectivity index (χ2v) is 6.42. The summed E-state index contributed by atoms with van der Waals surface area (Å²) >= 11 is 9.15. The van der Waals surface area contributed by atoms with Gasteiger partial charge in [0.05, 0.1) is 16.9 Å². The lowest BCUT2D eigenvalue weighted by Crippen LogP contribution is -2.17. The van der Waals surface area contributed by atoms with Crippen LogP contribution in [-0.2, 0) is 0 Å². The maximum absolute atomic E-state index is 12.6. The Labute approximate surface area is 150 Å². The van der Waals surface area contributed by atoms with Crippen LogP contribution in [0.2, 0.25) is 5.02 Å². The number of carbonyl (C=O) groups is 2. The van der Waals surface area contributed by atoms with Crippen LogP contribution in [-0.4, -0.2) is 26.4 Å². The Morgan fingerprint density at radius 1 is 1.29 bits per heavy atom. The lowest BCUT2D eigenvalue weighted by Gasteiger charge is -2.09. The van der Waals surface area contributed by atoms with Crippen LogP contribution in [0, 0.1) is 6.92 Å². The molecule has 0 aliphatic heterocycles. The molecule has 0 atom stereocenters. The van der Waals surface area contributed by atoms with E-state index in [4.69, 9.17) is 11.6 Å². The Morgan fingerprint density at radius 3 is 2.75 bits per heavy atom. The van der Waals surface area contributed by atoms with Gasteiger partial charge in [0.15, 0.2) is 0 Å². The Hall–Kier alpha value is -2.38. The van der Waals surface area contributed by atoms with E-state index in [1.807, 2.05) is 0 Å². The van der Waals surface area contributed by atoms with Crippen molar-refractivity contribution in [2.24, 2.45) is 0 Å². The molecular formula is C16H11BrClN3O3. The van der Waals surface area contributed by atoms with Gasteiger partial charge >= 0.3 is 5.97 Å². The lowest BCUT2D eigenvalue weighted by molar-refractivity contribution is 0.0698. The number of anilines is 1. The van der Waals surface area contributed by atoms with Crippen LogP contribution in [0.1, 0.15) is 26.5 Å². The highest BCUT2D eigenvalue weighted by Gasteiger charge is 2.19. The zero-order chi connectivity index (χ0) is 17.4. The van der Waals surface area contributed by atoms with E-state index < -0.39 is 11.9 Å². The van der Waals surface area contributed by atoms with Gasteiger partial charge in [-0.2, -0.15) is 0 Å². The summed E-state index contributed by atoms with van der Waals surface area (Å²) in [6.07, 6.45) is 1.65. The minimum absolute atomic E-state index is 0.00718. The first-order valence-electron chi connectivity index (χ1n) is 6.85. The maximum Gasteiger partial charge on any atom is 0.337 e. The normalized spacial score (nSPS) is 10.8. The standard InChI is InChI=1S/C16H11BrClN3O3/c1-8-14(21-5-4-10(18)7-13(21)19-8)15(22)20-12-3-2-9(17)6-11(12)16(23)24/h2-7H,1H3,(H,20,22)(H,23,24). The van der Waals surface area contributed by atoms with Crippen molar-refractivity contribution in [3.05, 3.63) is 63.0 Å². The second-order valence-electron chi connectivity index (χ2n) is 5.07. The van der Waals surface area contributed by atoms with Crippen LogP contribution in [0.4, 0.5) is 5.69 Å².